The number of aryl methyl sites for hydroxylation is 1. The Labute approximate surface area is 166 Å². The lowest BCUT2D eigenvalue weighted by molar-refractivity contribution is -0.138. The zero-order valence-corrected chi connectivity index (χ0v) is 16.0. The minimum Gasteiger partial charge on any atom is -0.347 e. The lowest BCUT2D eigenvalue weighted by atomic mass is 10.1. The van der Waals surface area contributed by atoms with Gasteiger partial charge in [-0.25, -0.2) is 9.50 Å². The predicted molar refractivity (Wildman–Crippen MR) is 101 cm³/mol. The topological polar surface area (TPSA) is 77.1 Å². The molecular weight excluding hydrogens is 405 g/mol. The monoisotopic (exact) mass is 420 g/mol. The molecule has 4 rings (SSSR count). The highest BCUT2D eigenvalue weighted by Gasteiger charge is 2.27. The highest BCUT2D eigenvalue weighted by atomic mass is 32.1. The number of amides is 1. The summed E-state index contributed by atoms with van der Waals surface area (Å²) in [5.41, 5.74) is 4.02. The molecule has 1 amide bonds. The average Bonchev–Trinajstić information content (AvgIpc) is 3.38. The van der Waals surface area contributed by atoms with Gasteiger partial charge in [-0.3, -0.25) is 9.48 Å². The summed E-state index contributed by atoms with van der Waals surface area (Å²) in [4.78, 5) is 16.9. The molecule has 0 aromatic carbocycles. The number of rotatable bonds is 5. The average molecular weight is 420 g/mol. The number of nitrogens with one attached hydrogen (secondary N) is 1. The number of alkyl halides is 3. The maximum Gasteiger partial charge on any atom is 0.405 e. The molecule has 1 N–H and O–H groups in total. The third-order valence-corrected chi connectivity index (χ3v) is 5.12. The largest absolute Gasteiger partial charge is 0.405 e. The van der Waals surface area contributed by atoms with Gasteiger partial charge >= 0.3 is 6.18 Å². The van der Waals surface area contributed by atoms with Crippen molar-refractivity contribution in [3.63, 3.8) is 0 Å². The molecule has 0 aliphatic heterocycles. The molecule has 0 aliphatic carbocycles. The van der Waals surface area contributed by atoms with E-state index in [0.29, 0.717) is 10.5 Å². The van der Waals surface area contributed by atoms with Crippen LogP contribution in [0.25, 0.3) is 27.9 Å². The summed E-state index contributed by atoms with van der Waals surface area (Å²) in [6.45, 7) is -1.33. The van der Waals surface area contributed by atoms with E-state index in [2.05, 4.69) is 15.2 Å². The summed E-state index contributed by atoms with van der Waals surface area (Å²) in [6, 6.07) is 1.77. The number of carbonyl (C=O) groups excluding carboxylic acids is 1. The van der Waals surface area contributed by atoms with Gasteiger partial charge in [0.2, 0.25) is 5.91 Å². The molecular formula is C18H15F3N6OS. The molecule has 0 aliphatic rings. The molecule has 29 heavy (non-hydrogen) atoms. The zero-order valence-electron chi connectivity index (χ0n) is 15.1. The van der Waals surface area contributed by atoms with Crippen LogP contribution in [0.5, 0.6) is 0 Å². The van der Waals surface area contributed by atoms with Crippen molar-refractivity contribution in [2.45, 2.75) is 12.6 Å². The Hall–Kier alpha value is -3.21. The van der Waals surface area contributed by atoms with Crippen LogP contribution in [0.4, 0.5) is 13.2 Å². The van der Waals surface area contributed by atoms with E-state index in [4.69, 9.17) is 0 Å². The molecule has 0 radical (unpaired) electrons. The summed E-state index contributed by atoms with van der Waals surface area (Å²) < 4.78 is 40.0. The first kappa shape index (κ1) is 19.1. The highest BCUT2D eigenvalue weighted by Crippen LogP contribution is 2.29. The van der Waals surface area contributed by atoms with Gasteiger partial charge in [-0.15, -0.1) is 11.3 Å². The van der Waals surface area contributed by atoms with Crippen LogP contribution in [0, 0.1) is 0 Å². The van der Waals surface area contributed by atoms with Gasteiger partial charge in [0.05, 0.1) is 18.8 Å². The van der Waals surface area contributed by atoms with Crippen LogP contribution in [0.15, 0.2) is 42.4 Å². The van der Waals surface area contributed by atoms with Gasteiger partial charge in [0.15, 0.2) is 5.65 Å². The number of halogens is 3. The standard InChI is InChI=1S/C18H15F3N6OS/c1-26-7-13(5-24-26)12-4-22-17-15(6-25-27(17)8-12)11-2-14(29-9-11)3-16(28)23-10-18(19,20)21/h2,4-9H,3,10H2,1H3,(H,23,28). The fourth-order valence-electron chi connectivity index (χ4n) is 2.83. The summed E-state index contributed by atoms with van der Waals surface area (Å²) in [7, 11) is 1.83. The Morgan fingerprint density at radius 2 is 1.93 bits per heavy atom. The fraction of sp³-hybridized carbons (Fsp3) is 0.222. The first-order chi connectivity index (χ1) is 13.8. The van der Waals surface area contributed by atoms with Crippen molar-refractivity contribution < 1.29 is 18.0 Å². The number of carbonyl (C=O) groups is 1. The van der Waals surface area contributed by atoms with Crippen molar-refractivity contribution in [1.82, 2.24) is 29.7 Å². The van der Waals surface area contributed by atoms with Crippen LogP contribution in [0.1, 0.15) is 4.88 Å². The SMILES string of the molecule is Cn1cc(-c2cnc3c(-c4csc(CC(=O)NCC(F)(F)F)c4)cnn3c2)cn1. The summed E-state index contributed by atoms with van der Waals surface area (Å²) in [5.74, 6) is -0.671. The number of fused-ring (bicyclic) bond motifs is 1. The molecule has 0 atom stereocenters. The predicted octanol–water partition coefficient (Wildman–Crippen LogP) is 3.08. The highest BCUT2D eigenvalue weighted by molar-refractivity contribution is 7.10. The Morgan fingerprint density at radius 1 is 1.14 bits per heavy atom. The van der Waals surface area contributed by atoms with Crippen molar-refractivity contribution in [2.24, 2.45) is 7.05 Å². The molecule has 0 spiro atoms. The Balaban J connectivity index is 1.52. The molecule has 0 saturated carbocycles. The number of hydrogen-bond acceptors (Lipinski definition) is 5. The fourth-order valence-corrected chi connectivity index (χ4v) is 3.71. The van der Waals surface area contributed by atoms with Crippen LogP contribution in [-0.2, 0) is 18.3 Å². The Kier molecular flexibility index (Phi) is 4.82. The van der Waals surface area contributed by atoms with Crippen LogP contribution in [0.2, 0.25) is 0 Å². The molecule has 0 unspecified atom stereocenters. The van der Waals surface area contributed by atoms with E-state index in [0.717, 1.165) is 22.3 Å². The van der Waals surface area contributed by atoms with Crippen molar-refractivity contribution in [3.05, 3.63) is 47.3 Å². The summed E-state index contributed by atoms with van der Waals surface area (Å²) in [6.07, 6.45) is 4.33. The first-order valence-electron chi connectivity index (χ1n) is 8.52. The van der Waals surface area contributed by atoms with Crippen LogP contribution >= 0.6 is 11.3 Å². The Morgan fingerprint density at radius 3 is 2.66 bits per heavy atom. The second-order valence-electron chi connectivity index (χ2n) is 6.44. The number of nitrogens with zero attached hydrogens (tertiary/aromatic N) is 5. The molecule has 11 heteroatoms. The Bertz CT molecular complexity index is 1180. The number of hydrogen-bond donors (Lipinski definition) is 1. The van der Waals surface area contributed by atoms with Crippen LogP contribution < -0.4 is 5.32 Å². The lowest BCUT2D eigenvalue weighted by Gasteiger charge is -2.07. The van der Waals surface area contributed by atoms with Gasteiger partial charge in [-0.05, 0) is 17.0 Å². The van der Waals surface area contributed by atoms with E-state index < -0.39 is 18.6 Å². The van der Waals surface area contributed by atoms with E-state index in [9.17, 15) is 18.0 Å². The molecule has 150 valence electrons. The molecule has 4 aromatic rings. The minimum absolute atomic E-state index is 0.113. The second-order valence-corrected chi connectivity index (χ2v) is 7.44. The lowest BCUT2D eigenvalue weighted by Crippen LogP contribution is -2.34. The molecule has 4 heterocycles. The molecule has 4 aromatic heterocycles. The van der Waals surface area contributed by atoms with Gasteiger partial charge in [0.1, 0.15) is 6.54 Å². The van der Waals surface area contributed by atoms with Crippen molar-refractivity contribution in [1.29, 1.82) is 0 Å². The normalized spacial score (nSPS) is 11.9. The summed E-state index contributed by atoms with van der Waals surface area (Å²) in [5, 5.41) is 12.2. The summed E-state index contributed by atoms with van der Waals surface area (Å²) >= 11 is 1.30. The maximum absolute atomic E-state index is 12.2. The van der Waals surface area contributed by atoms with Gasteiger partial charge in [-0.1, -0.05) is 0 Å². The maximum atomic E-state index is 12.2. The van der Waals surface area contributed by atoms with Gasteiger partial charge in [0, 0.05) is 47.2 Å². The zero-order chi connectivity index (χ0) is 20.6. The van der Waals surface area contributed by atoms with E-state index in [1.165, 1.54) is 11.3 Å². The van der Waals surface area contributed by atoms with Crippen LogP contribution in [0.3, 0.4) is 0 Å². The van der Waals surface area contributed by atoms with Gasteiger partial charge < -0.3 is 5.32 Å². The van der Waals surface area contributed by atoms with Crippen LogP contribution in [-0.4, -0.2) is 43.0 Å². The third-order valence-electron chi connectivity index (χ3n) is 4.18. The van der Waals surface area contributed by atoms with E-state index in [-0.39, 0.29) is 6.42 Å². The minimum atomic E-state index is -4.42. The number of thiophene rings is 1. The van der Waals surface area contributed by atoms with Gasteiger partial charge in [-0.2, -0.15) is 23.4 Å². The second kappa shape index (κ2) is 7.32. The first-order valence-corrected chi connectivity index (χ1v) is 9.40. The molecule has 0 bridgehead atoms. The smallest absolute Gasteiger partial charge is 0.347 e. The quantitative estimate of drug-likeness (QED) is 0.538. The molecule has 0 fully saturated rings. The van der Waals surface area contributed by atoms with E-state index in [1.54, 1.807) is 33.9 Å². The van der Waals surface area contributed by atoms with Crippen molar-refractivity contribution >= 4 is 22.9 Å². The van der Waals surface area contributed by atoms with Gasteiger partial charge in [0.25, 0.3) is 0 Å². The number of aromatic nitrogens is 5. The molecule has 7 nitrogen and oxygen atoms in total. The van der Waals surface area contributed by atoms with E-state index >= 15 is 0 Å². The van der Waals surface area contributed by atoms with Crippen molar-refractivity contribution in [3.8, 4) is 22.3 Å². The third kappa shape index (κ3) is 4.29. The van der Waals surface area contributed by atoms with E-state index in [1.807, 2.05) is 30.1 Å². The van der Waals surface area contributed by atoms with Crippen molar-refractivity contribution in [2.75, 3.05) is 6.54 Å². The molecule has 0 saturated heterocycles.